The van der Waals surface area contributed by atoms with Crippen LogP contribution in [0.15, 0.2) is 35.4 Å². The van der Waals surface area contributed by atoms with Crippen molar-refractivity contribution in [3.05, 3.63) is 30.3 Å². The van der Waals surface area contributed by atoms with E-state index >= 15 is 0 Å². The Morgan fingerprint density at radius 1 is 1.33 bits per heavy atom. The molecule has 0 radical (unpaired) electrons. The highest BCUT2D eigenvalue weighted by Gasteiger charge is 2.28. The molecule has 4 heteroatoms. The van der Waals surface area contributed by atoms with Crippen molar-refractivity contribution in [3.8, 4) is 0 Å². The molecule has 1 amide bonds. The molecule has 0 aromatic heterocycles. The summed E-state index contributed by atoms with van der Waals surface area (Å²) in [6, 6.07) is 9.40. The quantitative estimate of drug-likeness (QED) is 0.796. The molecule has 1 atom stereocenters. The first kappa shape index (κ1) is 9.86. The van der Waals surface area contributed by atoms with Gasteiger partial charge in [-0.05, 0) is 25.1 Å². The molecule has 0 aliphatic carbocycles. The summed E-state index contributed by atoms with van der Waals surface area (Å²) in [5.74, 6) is -0.151. The first-order valence-electron chi connectivity index (χ1n) is 4.96. The van der Waals surface area contributed by atoms with Gasteiger partial charge in [0.15, 0.2) is 0 Å². The van der Waals surface area contributed by atoms with E-state index in [9.17, 15) is 4.79 Å². The van der Waals surface area contributed by atoms with Crippen LogP contribution >= 0.6 is 0 Å². The minimum absolute atomic E-state index is 0.00616. The van der Waals surface area contributed by atoms with Gasteiger partial charge in [0, 0.05) is 6.21 Å². The zero-order valence-corrected chi connectivity index (χ0v) is 8.34. The van der Waals surface area contributed by atoms with Crippen molar-refractivity contribution in [1.82, 2.24) is 0 Å². The van der Waals surface area contributed by atoms with Crippen LogP contribution in [0.2, 0.25) is 0 Å². The molecule has 2 N–H and O–H groups in total. The Bertz CT molecular complexity index is 375. The van der Waals surface area contributed by atoms with E-state index < -0.39 is 0 Å². The molecule has 78 valence electrons. The van der Waals surface area contributed by atoms with Crippen molar-refractivity contribution >= 4 is 17.8 Å². The van der Waals surface area contributed by atoms with E-state index in [0.29, 0.717) is 13.0 Å². The molecule has 0 saturated carbocycles. The van der Waals surface area contributed by atoms with Crippen LogP contribution in [-0.2, 0) is 4.79 Å². The van der Waals surface area contributed by atoms with Gasteiger partial charge in [0.05, 0.1) is 11.6 Å². The van der Waals surface area contributed by atoms with Gasteiger partial charge in [-0.2, -0.15) is 5.10 Å². The lowest BCUT2D eigenvalue weighted by atomic mass is 10.1. The van der Waals surface area contributed by atoms with Gasteiger partial charge in [0.2, 0.25) is 0 Å². The minimum Gasteiger partial charge on any atom is -0.330 e. The van der Waals surface area contributed by atoms with Crippen LogP contribution < -0.4 is 10.7 Å². The smallest absolute Gasteiger partial charge is 0.256 e. The van der Waals surface area contributed by atoms with Gasteiger partial charge in [-0.3, -0.25) is 4.79 Å². The standard InChI is InChI=1S/C11H13N3O/c12-7-6-9-8-13-14(11(9)15)10-4-2-1-3-5-10/h1-5,8-9H,6-7,12H2. The number of amides is 1. The van der Waals surface area contributed by atoms with Crippen LogP contribution in [0.3, 0.4) is 0 Å². The maximum absolute atomic E-state index is 11.8. The van der Waals surface area contributed by atoms with Crippen LogP contribution in [0, 0.1) is 5.92 Å². The maximum Gasteiger partial charge on any atom is 0.256 e. The number of nitrogens with two attached hydrogens (primary N) is 1. The Balaban J connectivity index is 2.15. The average Bonchev–Trinajstić information content (AvgIpc) is 2.63. The lowest BCUT2D eigenvalue weighted by molar-refractivity contribution is -0.119. The van der Waals surface area contributed by atoms with Crippen molar-refractivity contribution in [2.75, 3.05) is 11.6 Å². The number of carbonyl (C=O) groups excluding carboxylic acids is 1. The topological polar surface area (TPSA) is 58.7 Å². The fourth-order valence-corrected chi connectivity index (χ4v) is 1.57. The number of hydrogen-bond donors (Lipinski definition) is 1. The lowest BCUT2D eigenvalue weighted by Crippen LogP contribution is -2.27. The minimum atomic E-state index is -0.157. The van der Waals surface area contributed by atoms with E-state index in [1.807, 2.05) is 30.3 Å². The molecule has 1 aromatic carbocycles. The Morgan fingerprint density at radius 2 is 2.07 bits per heavy atom. The zero-order valence-electron chi connectivity index (χ0n) is 8.34. The summed E-state index contributed by atoms with van der Waals surface area (Å²) in [7, 11) is 0. The van der Waals surface area contributed by atoms with Crippen LogP contribution in [0.25, 0.3) is 0 Å². The second-order valence-electron chi connectivity index (χ2n) is 3.43. The van der Waals surface area contributed by atoms with Crippen molar-refractivity contribution in [1.29, 1.82) is 0 Å². The molecule has 0 spiro atoms. The van der Waals surface area contributed by atoms with Gasteiger partial charge in [0.1, 0.15) is 0 Å². The zero-order chi connectivity index (χ0) is 10.7. The van der Waals surface area contributed by atoms with Crippen molar-refractivity contribution in [3.63, 3.8) is 0 Å². The number of hydrazone groups is 1. The molecule has 2 rings (SSSR count). The molecule has 1 aromatic rings. The SMILES string of the molecule is NCCC1C=NN(c2ccccc2)C1=O. The largest absolute Gasteiger partial charge is 0.330 e. The Labute approximate surface area is 88.4 Å². The summed E-state index contributed by atoms with van der Waals surface area (Å²) >= 11 is 0. The first-order valence-corrected chi connectivity index (χ1v) is 4.96. The number of hydrogen-bond acceptors (Lipinski definition) is 3. The third-order valence-electron chi connectivity index (χ3n) is 2.37. The van der Waals surface area contributed by atoms with Gasteiger partial charge in [-0.25, -0.2) is 5.01 Å². The van der Waals surface area contributed by atoms with Gasteiger partial charge in [-0.15, -0.1) is 0 Å². The fraction of sp³-hybridized carbons (Fsp3) is 0.273. The molecule has 1 unspecified atom stereocenters. The number of rotatable bonds is 3. The molecule has 4 nitrogen and oxygen atoms in total. The van der Waals surface area contributed by atoms with E-state index in [4.69, 9.17) is 5.73 Å². The second kappa shape index (κ2) is 4.23. The molecule has 0 saturated heterocycles. The normalized spacial score (nSPS) is 19.9. The van der Waals surface area contributed by atoms with Crippen molar-refractivity contribution < 1.29 is 4.79 Å². The Morgan fingerprint density at radius 3 is 2.73 bits per heavy atom. The van der Waals surface area contributed by atoms with E-state index in [1.54, 1.807) is 6.21 Å². The fourth-order valence-electron chi connectivity index (χ4n) is 1.57. The molecule has 1 heterocycles. The van der Waals surface area contributed by atoms with E-state index in [1.165, 1.54) is 5.01 Å². The lowest BCUT2D eigenvalue weighted by Gasteiger charge is -2.13. The summed E-state index contributed by atoms with van der Waals surface area (Å²) in [4.78, 5) is 11.8. The van der Waals surface area contributed by atoms with Gasteiger partial charge in [-0.1, -0.05) is 18.2 Å². The average molecular weight is 203 g/mol. The molecule has 1 aliphatic heterocycles. The van der Waals surface area contributed by atoms with Crippen LogP contribution in [-0.4, -0.2) is 18.7 Å². The number of benzene rings is 1. The first-order chi connectivity index (χ1) is 7.33. The molecule has 0 bridgehead atoms. The van der Waals surface area contributed by atoms with Crippen molar-refractivity contribution in [2.45, 2.75) is 6.42 Å². The summed E-state index contributed by atoms with van der Waals surface area (Å²) in [6.45, 7) is 0.505. The van der Waals surface area contributed by atoms with Crippen molar-refractivity contribution in [2.24, 2.45) is 16.8 Å². The highest BCUT2D eigenvalue weighted by atomic mass is 16.2. The van der Waals surface area contributed by atoms with E-state index in [2.05, 4.69) is 5.10 Å². The third-order valence-corrected chi connectivity index (χ3v) is 2.37. The summed E-state index contributed by atoms with van der Waals surface area (Å²) in [6.07, 6.45) is 2.33. The number of nitrogens with zero attached hydrogens (tertiary/aromatic N) is 2. The molecule has 0 fully saturated rings. The van der Waals surface area contributed by atoms with Gasteiger partial charge in [0.25, 0.3) is 5.91 Å². The van der Waals surface area contributed by atoms with Crippen LogP contribution in [0.1, 0.15) is 6.42 Å². The number of anilines is 1. The number of para-hydroxylation sites is 1. The Hall–Kier alpha value is -1.68. The monoisotopic (exact) mass is 203 g/mol. The summed E-state index contributed by atoms with van der Waals surface area (Å²) < 4.78 is 0. The third kappa shape index (κ3) is 1.89. The van der Waals surface area contributed by atoms with Crippen LogP contribution in [0.4, 0.5) is 5.69 Å². The van der Waals surface area contributed by atoms with E-state index in [0.717, 1.165) is 5.69 Å². The number of carbonyl (C=O) groups is 1. The second-order valence-corrected chi connectivity index (χ2v) is 3.43. The van der Waals surface area contributed by atoms with E-state index in [-0.39, 0.29) is 11.8 Å². The van der Waals surface area contributed by atoms with Gasteiger partial charge >= 0.3 is 0 Å². The van der Waals surface area contributed by atoms with Gasteiger partial charge < -0.3 is 5.73 Å². The summed E-state index contributed by atoms with van der Waals surface area (Å²) in [5, 5.41) is 5.52. The molecule has 1 aliphatic rings. The molecule has 15 heavy (non-hydrogen) atoms. The maximum atomic E-state index is 11.8. The highest BCUT2D eigenvalue weighted by Crippen LogP contribution is 2.21. The predicted octanol–water partition coefficient (Wildman–Crippen LogP) is 0.984. The summed E-state index contributed by atoms with van der Waals surface area (Å²) in [5.41, 5.74) is 6.23. The highest BCUT2D eigenvalue weighted by molar-refractivity contribution is 6.07. The molecular weight excluding hydrogens is 190 g/mol. The predicted molar refractivity (Wildman–Crippen MR) is 59.6 cm³/mol. The van der Waals surface area contributed by atoms with Crippen LogP contribution in [0.5, 0.6) is 0 Å². The Kier molecular flexibility index (Phi) is 2.78. The molecular formula is C11H13N3O.